The molecule has 7 rings (SSSR count). The summed E-state index contributed by atoms with van der Waals surface area (Å²) in [6.45, 7) is 8.34. The molecule has 2 fully saturated rings. The van der Waals surface area contributed by atoms with Crippen LogP contribution in [-0.4, -0.2) is 34.6 Å². The van der Waals surface area contributed by atoms with Crippen LogP contribution < -0.4 is 4.74 Å². The van der Waals surface area contributed by atoms with E-state index in [4.69, 9.17) is 9.47 Å². The third kappa shape index (κ3) is 1.74. The van der Waals surface area contributed by atoms with Gasteiger partial charge in [-0.05, 0) is 55.6 Å². The summed E-state index contributed by atoms with van der Waals surface area (Å²) in [5, 5.41) is 22.7. The molecule has 2 saturated carbocycles. The van der Waals surface area contributed by atoms with Crippen molar-refractivity contribution in [2.24, 2.45) is 22.7 Å². The summed E-state index contributed by atoms with van der Waals surface area (Å²) in [5.41, 5.74) is 0.392. The van der Waals surface area contributed by atoms with Crippen molar-refractivity contribution < 1.29 is 19.7 Å². The summed E-state index contributed by atoms with van der Waals surface area (Å²) in [4.78, 5) is 0. The third-order valence-electron chi connectivity index (χ3n) is 10.2. The molecule has 1 aliphatic heterocycles. The van der Waals surface area contributed by atoms with Gasteiger partial charge in [-0.1, -0.05) is 45.4 Å². The molecule has 0 aromatic heterocycles. The SMILES string of the molecule is CO[C@]12C=C[C@@]3(C[C@@H]1C(C)(O)C(C)(C)C)[C@@H]1CCCC34c3c(ccc(O)c3O[C@H]42)C1. The minimum atomic E-state index is -0.933. The number of rotatable bonds is 2. The van der Waals surface area contributed by atoms with E-state index in [9.17, 15) is 10.2 Å². The first kappa shape index (κ1) is 19.2. The van der Waals surface area contributed by atoms with Crippen molar-refractivity contribution in [2.45, 2.75) is 82.5 Å². The summed E-state index contributed by atoms with van der Waals surface area (Å²) < 4.78 is 13.1. The van der Waals surface area contributed by atoms with Gasteiger partial charge in [0.2, 0.25) is 0 Å². The number of allylic oxidation sites excluding steroid dienone is 1. The zero-order chi connectivity index (χ0) is 21.3. The Kier molecular flexibility index (Phi) is 3.37. The van der Waals surface area contributed by atoms with Gasteiger partial charge in [0.25, 0.3) is 0 Å². The van der Waals surface area contributed by atoms with Crippen molar-refractivity contribution >= 4 is 0 Å². The number of fused-ring (bicyclic) bond motifs is 1. The lowest BCUT2D eigenvalue weighted by Crippen LogP contribution is -2.78. The van der Waals surface area contributed by atoms with Gasteiger partial charge in [0, 0.05) is 29.4 Å². The van der Waals surface area contributed by atoms with Crippen LogP contribution in [0.3, 0.4) is 0 Å². The van der Waals surface area contributed by atoms with Crippen LogP contribution in [0.25, 0.3) is 0 Å². The number of aromatic hydroxyl groups is 1. The van der Waals surface area contributed by atoms with Crippen molar-refractivity contribution in [1.82, 2.24) is 0 Å². The molecule has 0 amide bonds. The van der Waals surface area contributed by atoms with Gasteiger partial charge in [-0.3, -0.25) is 0 Å². The molecule has 2 N–H and O–H groups in total. The molecule has 1 aromatic rings. The fourth-order valence-electron chi connectivity index (χ4n) is 8.32. The topological polar surface area (TPSA) is 58.9 Å². The van der Waals surface area contributed by atoms with Crippen molar-refractivity contribution in [3.05, 3.63) is 35.4 Å². The maximum absolute atomic E-state index is 12.0. The molecule has 30 heavy (non-hydrogen) atoms. The Hall–Kier alpha value is -1.52. The molecule has 4 nitrogen and oxygen atoms in total. The van der Waals surface area contributed by atoms with E-state index in [1.165, 1.54) is 24.0 Å². The first-order valence-electron chi connectivity index (χ1n) is 11.5. The molecule has 0 radical (unpaired) electrons. The number of benzene rings is 1. The summed E-state index contributed by atoms with van der Waals surface area (Å²) in [5.74, 6) is 1.35. The number of phenolic OH excluding ortho intramolecular Hbond substituents is 1. The van der Waals surface area contributed by atoms with E-state index in [2.05, 4.69) is 39.0 Å². The molecule has 1 aromatic carbocycles. The molecule has 2 unspecified atom stereocenters. The van der Waals surface area contributed by atoms with E-state index in [-0.39, 0.29) is 34.0 Å². The smallest absolute Gasteiger partial charge is 0.165 e. The zero-order valence-corrected chi connectivity index (χ0v) is 18.8. The number of ether oxygens (including phenoxy) is 2. The van der Waals surface area contributed by atoms with Gasteiger partial charge >= 0.3 is 0 Å². The van der Waals surface area contributed by atoms with Crippen molar-refractivity contribution in [3.63, 3.8) is 0 Å². The first-order valence-corrected chi connectivity index (χ1v) is 11.5. The van der Waals surface area contributed by atoms with E-state index in [0.29, 0.717) is 11.7 Å². The molecule has 6 aliphatic rings. The molecule has 7 atom stereocenters. The molecular weight excluding hydrogens is 376 g/mol. The summed E-state index contributed by atoms with van der Waals surface area (Å²) in [7, 11) is 1.77. The molecule has 4 bridgehead atoms. The third-order valence-corrected chi connectivity index (χ3v) is 10.2. The monoisotopic (exact) mass is 410 g/mol. The largest absolute Gasteiger partial charge is 0.504 e. The van der Waals surface area contributed by atoms with Gasteiger partial charge in [0.15, 0.2) is 11.5 Å². The number of phenols is 1. The van der Waals surface area contributed by atoms with Crippen LogP contribution in [0.15, 0.2) is 24.3 Å². The van der Waals surface area contributed by atoms with Crippen LogP contribution in [0.5, 0.6) is 11.5 Å². The predicted molar refractivity (Wildman–Crippen MR) is 115 cm³/mol. The molecular formula is C26H34O4. The second-order valence-corrected chi connectivity index (χ2v) is 11.8. The molecule has 5 aliphatic carbocycles. The van der Waals surface area contributed by atoms with Crippen LogP contribution in [0.4, 0.5) is 0 Å². The normalized spacial score (nSPS) is 44.4. The molecule has 0 saturated heterocycles. The first-order chi connectivity index (χ1) is 14.1. The Morgan fingerprint density at radius 2 is 1.93 bits per heavy atom. The highest BCUT2D eigenvalue weighted by molar-refractivity contribution is 5.64. The Bertz CT molecular complexity index is 972. The van der Waals surface area contributed by atoms with Crippen LogP contribution in [0, 0.1) is 22.7 Å². The minimum Gasteiger partial charge on any atom is -0.504 e. The minimum absolute atomic E-state index is 0.0534. The maximum Gasteiger partial charge on any atom is 0.165 e. The Labute approximate surface area is 179 Å². The van der Waals surface area contributed by atoms with Gasteiger partial charge in [0.1, 0.15) is 11.7 Å². The highest BCUT2D eigenvalue weighted by Crippen LogP contribution is 2.77. The Morgan fingerprint density at radius 1 is 1.17 bits per heavy atom. The Morgan fingerprint density at radius 3 is 2.63 bits per heavy atom. The average Bonchev–Trinajstić information content (AvgIpc) is 3.05. The summed E-state index contributed by atoms with van der Waals surface area (Å²) >= 11 is 0. The number of aliphatic hydroxyl groups is 1. The molecule has 4 heteroatoms. The molecule has 2 spiro atoms. The lowest BCUT2D eigenvalue weighted by Gasteiger charge is -2.71. The van der Waals surface area contributed by atoms with Crippen molar-refractivity contribution in [1.29, 1.82) is 0 Å². The van der Waals surface area contributed by atoms with Gasteiger partial charge in [-0.15, -0.1) is 0 Å². The van der Waals surface area contributed by atoms with Crippen LogP contribution >= 0.6 is 0 Å². The van der Waals surface area contributed by atoms with Gasteiger partial charge in [0.05, 0.1) is 5.60 Å². The van der Waals surface area contributed by atoms with E-state index < -0.39 is 11.2 Å². The highest BCUT2D eigenvalue weighted by atomic mass is 16.6. The van der Waals surface area contributed by atoms with E-state index >= 15 is 0 Å². The lowest BCUT2D eigenvalue weighted by atomic mass is 9.33. The highest BCUT2D eigenvalue weighted by Gasteiger charge is 2.80. The molecule has 162 valence electrons. The maximum atomic E-state index is 12.0. The van der Waals surface area contributed by atoms with Crippen molar-refractivity contribution in [3.8, 4) is 11.5 Å². The van der Waals surface area contributed by atoms with E-state index in [0.717, 1.165) is 19.3 Å². The zero-order valence-electron chi connectivity index (χ0n) is 18.8. The number of hydrogen-bond acceptors (Lipinski definition) is 4. The Balaban J connectivity index is 1.67. The summed E-state index contributed by atoms with van der Waals surface area (Å²) in [6, 6.07) is 3.91. The fraction of sp³-hybridized carbons (Fsp3) is 0.692. The van der Waals surface area contributed by atoms with Crippen LogP contribution in [-0.2, 0) is 16.6 Å². The van der Waals surface area contributed by atoms with Gasteiger partial charge < -0.3 is 19.7 Å². The van der Waals surface area contributed by atoms with E-state index in [1.807, 2.05) is 6.92 Å². The number of methoxy groups -OCH3 is 1. The predicted octanol–water partition coefficient (Wildman–Crippen LogP) is 4.51. The van der Waals surface area contributed by atoms with Gasteiger partial charge in [-0.2, -0.15) is 0 Å². The van der Waals surface area contributed by atoms with Crippen LogP contribution in [0.2, 0.25) is 0 Å². The average molecular weight is 411 g/mol. The second-order valence-electron chi connectivity index (χ2n) is 11.8. The second kappa shape index (κ2) is 5.27. The lowest BCUT2D eigenvalue weighted by molar-refractivity contribution is -0.259. The fourth-order valence-corrected chi connectivity index (χ4v) is 8.32. The quantitative estimate of drug-likeness (QED) is 0.705. The standard InChI is InChI=1S/C26H34O4/c1-22(2,3)23(4,28)18-14-24-11-12-26(18,29-5)21-25(24)10-6-7-16(24)13-15-8-9-17(27)20(30-21)19(15)25/h8-9,11-12,16,18,21,27-28H,6-7,10,13-14H2,1-5H3/t16-,18-,21-,23?,24-,25?,26-/m1/s1. The van der Waals surface area contributed by atoms with E-state index in [1.54, 1.807) is 13.2 Å². The van der Waals surface area contributed by atoms with Gasteiger partial charge in [-0.25, -0.2) is 0 Å². The van der Waals surface area contributed by atoms with Crippen molar-refractivity contribution in [2.75, 3.05) is 7.11 Å². The van der Waals surface area contributed by atoms with Crippen LogP contribution in [0.1, 0.15) is 64.5 Å². The summed E-state index contributed by atoms with van der Waals surface area (Å²) in [6.07, 6.45) is 9.81. The number of hydrogen-bond donors (Lipinski definition) is 2. The molecule has 1 heterocycles.